The summed E-state index contributed by atoms with van der Waals surface area (Å²) in [7, 11) is 0. The van der Waals surface area contributed by atoms with Crippen molar-refractivity contribution in [1.29, 1.82) is 0 Å². The Labute approximate surface area is 131 Å². The predicted octanol–water partition coefficient (Wildman–Crippen LogP) is 3.29. The number of likely N-dealkylation sites (tertiary alicyclic amines) is 1. The van der Waals surface area contributed by atoms with Crippen LogP contribution in [0.15, 0.2) is 0 Å². The van der Waals surface area contributed by atoms with Crippen molar-refractivity contribution in [3.8, 4) is 0 Å². The molecule has 3 heteroatoms. The Morgan fingerprint density at radius 3 is 2.24 bits per heavy atom. The summed E-state index contributed by atoms with van der Waals surface area (Å²) >= 11 is 0. The minimum Gasteiger partial charge on any atom is -0.377 e. The molecule has 2 rings (SSSR count). The van der Waals surface area contributed by atoms with E-state index in [1.54, 1.807) is 0 Å². The second-order valence-electron chi connectivity index (χ2n) is 8.40. The van der Waals surface area contributed by atoms with Gasteiger partial charge in [0.25, 0.3) is 0 Å². The molecule has 0 bridgehead atoms. The lowest BCUT2D eigenvalue weighted by molar-refractivity contribution is -0.127. The van der Waals surface area contributed by atoms with Gasteiger partial charge < -0.3 is 15.0 Å². The average Bonchev–Trinajstić information content (AvgIpc) is 2.42. The molecule has 2 unspecified atom stereocenters. The molecule has 1 aliphatic carbocycles. The summed E-state index contributed by atoms with van der Waals surface area (Å²) in [4.78, 5) is 2.60. The van der Waals surface area contributed by atoms with Crippen LogP contribution in [-0.2, 0) is 4.74 Å². The molecule has 0 spiro atoms. The molecule has 0 radical (unpaired) electrons. The highest BCUT2D eigenvalue weighted by Crippen LogP contribution is 2.43. The van der Waals surface area contributed by atoms with Gasteiger partial charge in [-0.25, -0.2) is 0 Å². The lowest BCUT2D eigenvalue weighted by Crippen LogP contribution is -2.63. The fourth-order valence-corrected chi connectivity index (χ4v) is 3.63. The molecule has 21 heavy (non-hydrogen) atoms. The lowest BCUT2D eigenvalue weighted by atomic mass is 9.64. The van der Waals surface area contributed by atoms with Gasteiger partial charge in [0.05, 0.1) is 6.10 Å². The van der Waals surface area contributed by atoms with Crippen LogP contribution in [-0.4, -0.2) is 48.8 Å². The van der Waals surface area contributed by atoms with E-state index in [9.17, 15) is 0 Å². The maximum Gasteiger partial charge on any atom is 0.0656 e. The topological polar surface area (TPSA) is 24.5 Å². The van der Waals surface area contributed by atoms with Gasteiger partial charge in [-0.1, -0.05) is 27.7 Å². The molecule has 0 aromatic carbocycles. The number of piperidine rings is 1. The first-order valence-electron chi connectivity index (χ1n) is 8.92. The number of rotatable bonds is 6. The Morgan fingerprint density at radius 2 is 1.76 bits per heavy atom. The van der Waals surface area contributed by atoms with Crippen molar-refractivity contribution in [2.75, 3.05) is 19.7 Å². The molecule has 2 atom stereocenters. The number of nitrogens with zero attached hydrogens (tertiary/aromatic N) is 1. The first-order chi connectivity index (χ1) is 9.80. The number of hydrogen-bond donors (Lipinski definition) is 1. The smallest absolute Gasteiger partial charge is 0.0656 e. The number of nitrogens with one attached hydrogen (secondary N) is 1. The molecule has 1 N–H and O–H groups in total. The van der Waals surface area contributed by atoms with E-state index >= 15 is 0 Å². The fourth-order valence-electron chi connectivity index (χ4n) is 3.63. The molecular formula is C18H36N2O. The predicted molar refractivity (Wildman–Crippen MR) is 89.6 cm³/mol. The largest absolute Gasteiger partial charge is 0.377 e. The van der Waals surface area contributed by atoms with Gasteiger partial charge in [0.2, 0.25) is 0 Å². The molecule has 0 aromatic rings. The Hall–Kier alpha value is -0.120. The third kappa shape index (κ3) is 4.20. The summed E-state index contributed by atoms with van der Waals surface area (Å²) in [5.74, 6) is 0.633. The summed E-state index contributed by atoms with van der Waals surface area (Å²) in [6.07, 6.45) is 4.21. The Bertz CT molecular complexity index is 319. The lowest BCUT2D eigenvalue weighted by Gasteiger charge is -2.53. The fraction of sp³-hybridized carbons (Fsp3) is 1.00. The quantitative estimate of drug-likeness (QED) is 0.814. The first kappa shape index (κ1) is 17.2. The van der Waals surface area contributed by atoms with E-state index in [1.165, 1.54) is 32.4 Å². The summed E-state index contributed by atoms with van der Waals surface area (Å²) in [5.41, 5.74) is 0.282. The zero-order valence-corrected chi connectivity index (χ0v) is 15.0. The Morgan fingerprint density at radius 1 is 1.14 bits per heavy atom. The van der Waals surface area contributed by atoms with Gasteiger partial charge in [0.15, 0.2) is 0 Å². The van der Waals surface area contributed by atoms with E-state index in [4.69, 9.17) is 4.74 Å². The SMILES string of the molecule is CC(C)COC1CC(NC2CCN(C(C)C)CC2)C1(C)C. The van der Waals surface area contributed by atoms with Crippen molar-refractivity contribution in [2.24, 2.45) is 11.3 Å². The molecule has 0 aromatic heterocycles. The minimum absolute atomic E-state index is 0.282. The second kappa shape index (κ2) is 6.97. The van der Waals surface area contributed by atoms with Gasteiger partial charge >= 0.3 is 0 Å². The Balaban J connectivity index is 1.73. The minimum atomic E-state index is 0.282. The molecule has 1 aliphatic heterocycles. The van der Waals surface area contributed by atoms with Gasteiger partial charge in [-0.2, -0.15) is 0 Å². The molecule has 2 aliphatic rings. The van der Waals surface area contributed by atoms with Crippen molar-refractivity contribution in [1.82, 2.24) is 10.2 Å². The molecule has 1 saturated carbocycles. The molecule has 3 nitrogen and oxygen atoms in total. The maximum atomic E-state index is 6.07. The van der Waals surface area contributed by atoms with Crippen LogP contribution in [0.1, 0.15) is 60.8 Å². The van der Waals surface area contributed by atoms with E-state index in [0.717, 1.165) is 6.61 Å². The third-order valence-corrected chi connectivity index (χ3v) is 5.51. The highest BCUT2D eigenvalue weighted by atomic mass is 16.5. The van der Waals surface area contributed by atoms with Crippen molar-refractivity contribution in [2.45, 2.75) is 85.0 Å². The highest BCUT2D eigenvalue weighted by molar-refractivity contribution is 5.04. The standard InChI is InChI=1S/C18H36N2O/c1-13(2)12-21-17-11-16(18(17,5)6)19-15-7-9-20(10-8-15)14(3)4/h13-17,19H,7-12H2,1-6H3. The van der Waals surface area contributed by atoms with Crippen molar-refractivity contribution in [3.63, 3.8) is 0 Å². The van der Waals surface area contributed by atoms with E-state index in [-0.39, 0.29) is 5.41 Å². The second-order valence-corrected chi connectivity index (χ2v) is 8.40. The van der Waals surface area contributed by atoms with Crippen LogP contribution in [0.2, 0.25) is 0 Å². The van der Waals surface area contributed by atoms with Gasteiger partial charge in [0, 0.05) is 30.1 Å². The summed E-state index contributed by atoms with van der Waals surface area (Å²) in [6, 6.07) is 2.03. The molecule has 124 valence electrons. The summed E-state index contributed by atoms with van der Waals surface area (Å²) < 4.78 is 6.07. The van der Waals surface area contributed by atoms with Gasteiger partial charge in [-0.15, -0.1) is 0 Å². The van der Waals surface area contributed by atoms with Crippen molar-refractivity contribution >= 4 is 0 Å². The third-order valence-electron chi connectivity index (χ3n) is 5.51. The van der Waals surface area contributed by atoms with Gasteiger partial charge in [-0.05, 0) is 52.1 Å². The highest BCUT2D eigenvalue weighted by Gasteiger charge is 2.49. The molecular weight excluding hydrogens is 260 g/mol. The molecule has 2 fully saturated rings. The zero-order valence-electron chi connectivity index (χ0n) is 15.0. The van der Waals surface area contributed by atoms with E-state index < -0.39 is 0 Å². The summed E-state index contributed by atoms with van der Waals surface area (Å²) in [5, 5.41) is 3.92. The van der Waals surface area contributed by atoms with E-state index in [1.807, 2.05) is 0 Å². The molecule has 1 saturated heterocycles. The van der Waals surface area contributed by atoms with Gasteiger partial charge in [0.1, 0.15) is 0 Å². The van der Waals surface area contributed by atoms with Crippen LogP contribution in [0.3, 0.4) is 0 Å². The van der Waals surface area contributed by atoms with E-state index in [0.29, 0.717) is 30.1 Å². The zero-order chi connectivity index (χ0) is 15.6. The summed E-state index contributed by atoms with van der Waals surface area (Å²) in [6.45, 7) is 17.2. The average molecular weight is 296 g/mol. The van der Waals surface area contributed by atoms with Crippen LogP contribution < -0.4 is 5.32 Å². The van der Waals surface area contributed by atoms with Crippen molar-refractivity contribution in [3.05, 3.63) is 0 Å². The maximum absolute atomic E-state index is 6.07. The first-order valence-corrected chi connectivity index (χ1v) is 8.92. The van der Waals surface area contributed by atoms with Crippen LogP contribution in [0.25, 0.3) is 0 Å². The molecule has 0 amide bonds. The number of ether oxygens (including phenoxy) is 1. The van der Waals surface area contributed by atoms with Crippen LogP contribution in [0.4, 0.5) is 0 Å². The monoisotopic (exact) mass is 296 g/mol. The van der Waals surface area contributed by atoms with Crippen molar-refractivity contribution < 1.29 is 4.74 Å². The van der Waals surface area contributed by atoms with Crippen LogP contribution >= 0.6 is 0 Å². The Kier molecular flexibility index (Phi) is 5.72. The normalized spacial score (nSPS) is 30.9. The van der Waals surface area contributed by atoms with Gasteiger partial charge in [-0.3, -0.25) is 0 Å². The number of hydrogen-bond acceptors (Lipinski definition) is 3. The van der Waals surface area contributed by atoms with Crippen LogP contribution in [0.5, 0.6) is 0 Å². The van der Waals surface area contributed by atoms with Crippen LogP contribution in [0, 0.1) is 11.3 Å². The molecule has 1 heterocycles. The van der Waals surface area contributed by atoms with E-state index in [2.05, 4.69) is 51.8 Å².